The largest absolute Gasteiger partial charge is 0.354 e. The van der Waals surface area contributed by atoms with Gasteiger partial charge in [-0.2, -0.15) is 9.78 Å². The van der Waals surface area contributed by atoms with Crippen LogP contribution in [0.5, 0.6) is 0 Å². The van der Waals surface area contributed by atoms with Crippen LogP contribution in [0.2, 0.25) is 0 Å². The molecule has 1 N–H and O–H groups in total. The number of nitrogens with zero attached hydrogens (tertiary/aromatic N) is 8. The third-order valence-electron chi connectivity index (χ3n) is 5.55. The number of nitrogens with one attached hydrogen (secondary N) is 1. The fourth-order valence-electron chi connectivity index (χ4n) is 4.16. The summed E-state index contributed by atoms with van der Waals surface area (Å²) < 4.78 is 0. The molecule has 1 saturated heterocycles. The van der Waals surface area contributed by atoms with Gasteiger partial charge < -0.3 is 15.1 Å². The molecule has 0 bridgehead atoms. The van der Waals surface area contributed by atoms with Crippen molar-refractivity contribution in [2.45, 2.75) is 25.8 Å². The summed E-state index contributed by atoms with van der Waals surface area (Å²) >= 11 is 0. The van der Waals surface area contributed by atoms with Crippen LogP contribution in [-0.4, -0.2) is 61.8 Å². The van der Waals surface area contributed by atoms with E-state index in [4.69, 9.17) is 0 Å². The summed E-state index contributed by atoms with van der Waals surface area (Å²) in [4.78, 5) is 28.1. The molecule has 10 nitrogen and oxygen atoms in total. The summed E-state index contributed by atoms with van der Waals surface area (Å²) in [5.41, 5.74) is 2.16. The highest BCUT2D eigenvalue weighted by atomic mass is 16.2. The Morgan fingerprint density at radius 2 is 2.20 bits per heavy atom. The first-order valence-corrected chi connectivity index (χ1v) is 10.2. The fourth-order valence-corrected chi connectivity index (χ4v) is 4.16. The molecule has 1 amide bonds. The van der Waals surface area contributed by atoms with Gasteiger partial charge in [0.25, 0.3) is 5.91 Å². The molecule has 30 heavy (non-hydrogen) atoms. The van der Waals surface area contributed by atoms with Gasteiger partial charge in [0.15, 0.2) is 0 Å². The fraction of sp³-hybridized carbons (Fsp3) is 0.400. The number of carbonyl (C=O) groups excluding carboxylic acids is 1. The minimum absolute atomic E-state index is 0.0910. The molecule has 0 radical (unpaired) electrons. The van der Waals surface area contributed by atoms with Crippen molar-refractivity contribution in [2.24, 2.45) is 7.05 Å². The number of aryl methyl sites for hydroxylation is 1. The van der Waals surface area contributed by atoms with Crippen LogP contribution in [0, 0.1) is 0 Å². The second-order valence-corrected chi connectivity index (χ2v) is 7.52. The van der Waals surface area contributed by atoms with Crippen LogP contribution in [0.1, 0.15) is 30.1 Å². The van der Waals surface area contributed by atoms with Crippen molar-refractivity contribution in [3.63, 3.8) is 0 Å². The van der Waals surface area contributed by atoms with Gasteiger partial charge in [0.05, 0.1) is 7.05 Å². The van der Waals surface area contributed by atoms with Gasteiger partial charge in [-0.3, -0.25) is 4.79 Å². The minimum atomic E-state index is -0.0910. The molecule has 5 rings (SSSR count). The molecule has 2 aromatic heterocycles. The van der Waals surface area contributed by atoms with Crippen LogP contribution in [0.3, 0.4) is 0 Å². The second kappa shape index (κ2) is 7.36. The topological polar surface area (TPSA) is 105 Å². The molecule has 0 aliphatic carbocycles. The van der Waals surface area contributed by atoms with E-state index in [0.717, 1.165) is 43.0 Å². The molecule has 2 aliphatic heterocycles. The van der Waals surface area contributed by atoms with Crippen LogP contribution in [-0.2, 0) is 7.05 Å². The number of fused-ring (bicyclic) bond motifs is 3. The number of benzene rings is 1. The first-order chi connectivity index (χ1) is 14.6. The van der Waals surface area contributed by atoms with Crippen molar-refractivity contribution in [3.05, 3.63) is 36.0 Å². The second-order valence-electron chi connectivity index (χ2n) is 7.52. The lowest BCUT2D eigenvalue weighted by molar-refractivity contribution is 0.0988. The van der Waals surface area contributed by atoms with Gasteiger partial charge >= 0.3 is 0 Å². The van der Waals surface area contributed by atoms with Gasteiger partial charge in [-0.05, 0) is 37.1 Å². The zero-order valence-electron chi connectivity index (χ0n) is 17.0. The average molecular weight is 405 g/mol. The van der Waals surface area contributed by atoms with E-state index in [0.29, 0.717) is 23.9 Å². The van der Waals surface area contributed by atoms with Gasteiger partial charge in [0, 0.05) is 43.1 Å². The quantitative estimate of drug-likeness (QED) is 0.700. The molecule has 0 spiro atoms. The van der Waals surface area contributed by atoms with E-state index < -0.39 is 0 Å². The molecule has 1 fully saturated rings. The molecule has 1 atom stereocenters. The van der Waals surface area contributed by atoms with E-state index in [1.807, 2.05) is 36.1 Å². The van der Waals surface area contributed by atoms with Crippen molar-refractivity contribution in [1.29, 1.82) is 0 Å². The summed E-state index contributed by atoms with van der Waals surface area (Å²) in [6.07, 6.45) is 3.75. The van der Waals surface area contributed by atoms with E-state index in [1.165, 1.54) is 4.80 Å². The van der Waals surface area contributed by atoms with Crippen LogP contribution in [0.25, 0.3) is 11.4 Å². The SMILES string of the molecule is CCNc1ncc2c(n1)N1CCC[C@H]1CN(c1cccc(-c3nnn(C)n3)c1)C2=O. The first kappa shape index (κ1) is 18.5. The third-order valence-corrected chi connectivity index (χ3v) is 5.55. The number of hydrogen-bond donors (Lipinski definition) is 1. The smallest absolute Gasteiger partial charge is 0.263 e. The minimum Gasteiger partial charge on any atom is -0.354 e. The highest BCUT2D eigenvalue weighted by molar-refractivity contribution is 6.10. The zero-order chi connectivity index (χ0) is 20.7. The highest BCUT2D eigenvalue weighted by Crippen LogP contribution is 2.34. The van der Waals surface area contributed by atoms with Gasteiger partial charge in [0.2, 0.25) is 11.8 Å². The Bertz CT molecular complexity index is 1100. The van der Waals surface area contributed by atoms with Crippen LogP contribution in [0.4, 0.5) is 17.5 Å². The summed E-state index contributed by atoms with van der Waals surface area (Å²) in [5.74, 6) is 1.72. The molecular weight excluding hydrogens is 382 g/mol. The number of aromatic nitrogens is 6. The maximum absolute atomic E-state index is 13.5. The Kier molecular flexibility index (Phi) is 4.53. The summed E-state index contributed by atoms with van der Waals surface area (Å²) in [7, 11) is 1.73. The number of carbonyl (C=O) groups is 1. The maximum Gasteiger partial charge on any atom is 0.263 e. The lowest BCUT2D eigenvalue weighted by Gasteiger charge is -2.27. The Labute approximate surface area is 173 Å². The van der Waals surface area contributed by atoms with Crippen molar-refractivity contribution in [3.8, 4) is 11.4 Å². The standard InChI is InChI=1S/C20H23N9O/c1-3-21-20-22-11-16-18(23-20)28-9-5-8-15(28)12-29(19(16)30)14-7-4-6-13(10-14)17-24-26-27(2)25-17/h4,6-7,10-11,15H,3,5,8-9,12H2,1-2H3,(H,21,22,23)/t15-/m0/s1. The van der Waals surface area contributed by atoms with Gasteiger partial charge in [-0.25, -0.2) is 4.98 Å². The van der Waals surface area contributed by atoms with Gasteiger partial charge in [-0.1, -0.05) is 12.1 Å². The number of rotatable bonds is 4. The summed E-state index contributed by atoms with van der Waals surface area (Å²) in [6, 6.07) is 7.93. The number of hydrogen-bond acceptors (Lipinski definition) is 8. The Morgan fingerprint density at radius 1 is 1.30 bits per heavy atom. The Balaban J connectivity index is 1.56. The monoisotopic (exact) mass is 405 g/mol. The van der Waals surface area contributed by atoms with Crippen LogP contribution >= 0.6 is 0 Å². The molecule has 10 heteroatoms. The van der Waals surface area contributed by atoms with E-state index in [2.05, 4.69) is 35.6 Å². The van der Waals surface area contributed by atoms with Crippen LogP contribution in [0.15, 0.2) is 30.5 Å². The number of anilines is 3. The van der Waals surface area contributed by atoms with Gasteiger partial charge in [0.1, 0.15) is 11.4 Å². The van der Waals surface area contributed by atoms with Crippen molar-refractivity contribution in [2.75, 3.05) is 34.8 Å². The molecule has 1 aromatic carbocycles. The lowest BCUT2D eigenvalue weighted by atomic mass is 10.1. The predicted octanol–water partition coefficient (Wildman–Crippen LogP) is 1.73. The normalized spacial score (nSPS) is 18.2. The van der Waals surface area contributed by atoms with Crippen molar-refractivity contribution < 1.29 is 4.79 Å². The van der Waals surface area contributed by atoms with Gasteiger partial charge in [-0.15, -0.1) is 10.2 Å². The number of amides is 1. The van der Waals surface area contributed by atoms with E-state index in [-0.39, 0.29) is 11.9 Å². The molecule has 3 aromatic rings. The van der Waals surface area contributed by atoms with E-state index in [9.17, 15) is 4.79 Å². The lowest BCUT2D eigenvalue weighted by Crippen LogP contribution is -2.39. The predicted molar refractivity (Wildman–Crippen MR) is 112 cm³/mol. The first-order valence-electron chi connectivity index (χ1n) is 10.2. The molecule has 154 valence electrons. The van der Waals surface area contributed by atoms with Crippen LogP contribution < -0.4 is 15.1 Å². The third kappa shape index (κ3) is 3.14. The molecule has 4 heterocycles. The van der Waals surface area contributed by atoms with E-state index in [1.54, 1.807) is 13.2 Å². The zero-order valence-corrected chi connectivity index (χ0v) is 17.0. The summed E-state index contributed by atoms with van der Waals surface area (Å²) in [6.45, 7) is 4.22. The Hall–Kier alpha value is -3.56. The molecular formula is C20H23N9O. The summed E-state index contributed by atoms with van der Waals surface area (Å²) in [5, 5.41) is 15.4. The average Bonchev–Trinajstić information content (AvgIpc) is 3.38. The highest BCUT2D eigenvalue weighted by Gasteiger charge is 2.37. The molecule has 2 aliphatic rings. The Morgan fingerprint density at radius 3 is 3.00 bits per heavy atom. The van der Waals surface area contributed by atoms with Crippen molar-refractivity contribution in [1.82, 2.24) is 30.2 Å². The molecule has 0 unspecified atom stereocenters. The molecule has 0 saturated carbocycles. The maximum atomic E-state index is 13.5. The number of tetrazole rings is 1. The van der Waals surface area contributed by atoms with E-state index >= 15 is 0 Å². The van der Waals surface area contributed by atoms with Crippen molar-refractivity contribution >= 4 is 23.4 Å².